The Labute approximate surface area is 84.6 Å². The third-order valence-electron chi connectivity index (χ3n) is 3.38. The molecule has 0 aliphatic heterocycles. The summed E-state index contributed by atoms with van der Waals surface area (Å²) in [4.78, 5) is 11.6. The van der Waals surface area contributed by atoms with Gasteiger partial charge in [-0.2, -0.15) is 0 Å². The van der Waals surface area contributed by atoms with Gasteiger partial charge >= 0.3 is 5.97 Å². The highest BCUT2D eigenvalue weighted by Gasteiger charge is 2.45. The van der Waals surface area contributed by atoms with Crippen LogP contribution in [0.3, 0.4) is 0 Å². The lowest BCUT2D eigenvalue weighted by Crippen LogP contribution is -2.42. The molecule has 0 spiro atoms. The second kappa shape index (κ2) is 3.87. The van der Waals surface area contributed by atoms with E-state index in [0.29, 0.717) is 0 Å². The minimum Gasteiger partial charge on any atom is -0.469 e. The van der Waals surface area contributed by atoms with Crippen LogP contribution in [0.1, 0.15) is 33.1 Å². The Morgan fingerprint density at radius 3 is 2.77 bits per heavy atom. The quantitative estimate of drug-likeness (QED) is 0.485. The molecule has 0 aromatic heterocycles. The van der Waals surface area contributed by atoms with Crippen LogP contribution >= 0.6 is 11.6 Å². The number of alkyl halides is 1. The fraction of sp³-hybridized carbons (Fsp3) is 0.900. The highest BCUT2D eigenvalue weighted by Crippen LogP contribution is 2.43. The standard InChI is InChI=1S/C10H17ClO2/c1-7-8(11)5-4-6-10(7,2)9(12)13-3/h7-8H,4-6H2,1-3H3. The molecule has 0 N–H and O–H groups in total. The first-order valence-electron chi connectivity index (χ1n) is 4.75. The van der Waals surface area contributed by atoms with Crippen molar-refractivity contribution in [3.63, 3.8) is 0 Å². The summed E-state index contributed by atoms with van der Waals surface area (Å²) in [6.45, 7) is 3.99. The van der Waals surface area contributed by atoms with Crippen LogP contribution in [0.2, 0.25) is 0 Å². The molecule has 76 valence electrons. The van der Waals surface area contributed by atoms with Gasteiger partial charge in [-0.3, -0.25) is 4.79 Å². The maximum atomic E-state index is 11.6. The van der Waals surface area contributed by atoms with Gasteiger partial charge in [0.1, 0.15) is 0 Å². The minimum absolute atomic E-state index is 0.109. The smallest absolute Gasteiger partial charge is 0.311 e. The Morgan fingerprint density at radius 2 is 2.23 bits per heavy atom. The number of carbonyl (C=O) groups is 1. The molecule has 1 saturated carbocycles. The molecule has 0 amide bonds. The zero-order valence-electron chi connectivity index (χ0n) is 8.47. The average Bonchev–Trinajstić information content (AvgIpc) is 2.13. The van der Waals surface area contributed by atoms with Crippen LogP contribution in [0.15, 0.2) is 0 Å². The van der Waals surface area contributed by atoms with Crippen molar-refractivity contribution in [2.45, 2.75) is 38.5 Å². The number of hydrogen-bond donors (Lipinski definition) is 0. The summed E-state index contributed by atoms with van der Waals surface area (Å²) < 4.78 is 4.81. The van der Waals surface area contributed by atoms with E-state index in [-0.39, 0.29) is 22.7 Å². The molecule has 13 heavy (non-hydrogen) atoms. The second-order valence-corrected chi connectivity index (χ2v) is 4.67. The van der Waals surface area contributed by atoms with E-state index >= 15 is 0 Å². The molecule has 3 unspecified atom stereocenters. The van der Waals surface area contributed by atoms with E-state index in [9.17, 15) is 4.79 Å². The maximum Gasteiger partial charge on any atom is 0.311 e. The van der Waals surface area contributed by atoms with Crippen molar-refractivity contribution in [2.24, 2.45) is 11.3 Å². The van der Waals surface area contributed by atoms with Crippen LogP contribution < -0.4 is 0 Å². The van der Waals surface area contributed by atoms with Crippen LogP contribution in [0.4, 0.5) is 0 Å². The van der Waals surface area contributed by atoms with Gasteiger partial charge in [0.2, 0.25) is 0 Å². The summed E-state index contributed by atoms with van der Waals surface area (Å²) in [5.74, 6) is 0.0840. The fourth-order valence-corrected chi connectivity index (χ4v) is 2.49. The Hall–Kier alpha value is -0.240. The summed E-state index contributed by atoms with van der Waals surface area (Å²) in [5.41, 5.74) is -0.376. The number of carbonyl (C=O) groups excluding carboxylic acids is 1. The zero-order valence-corrected chi connectivity index (χ0v) is 9.23. The number of halogens is 1. The normalized spacial score (nSPS) is 40.0. The summed E-state index contributed by atoms with van der Waals surface area (Å²) >= 11 is 6.14. The lowest BCUT2D eigenvalue weighted by atomic mass is 9.68. The van der Waals surface area contributed by atoms with Crippen molar-refractivity contribution in [1.29, 1.82) is 0 Å². The zero-order chi connectivity index (χ0) is 10.1. The van der Waals surface area contributed by atoms with E-state index in [4.69, 9.17) is 16.3 Å². The van der Waals surface area contributed by atoms with Gasteiger partial charge in [-0.1, -0.05) is 13.3 Å². The lowest BCUT2D eigenvalue weighted by molar-refractivity contribution is -0.156. The van der Waals surface area contributed by atoms with E-state index in [2.05, 4.69) is 0 Å². The predicted molar refractivity (Wildman–Crippen MR) is 52.8 cm³/mol. The molecule has 2 nitrogen and oxygen atoms in total. The van der Waals surface area contributed by atoms with Gasteiger partial charge in [0, 0.05) is 5.38 Å². The summed E-state index contributed by atoms with van der Waals surface area (Å²) in [5, 5.41) is 0.109. The van der Waals surface area contributed by atoms with Gasteiger partial charge in [0.05, 0.1) is 12.5 Å². The van der Waals surface area contributed by atoms with E-state index < -0.39 is 0 Å². The van der Waals surface area contributed by atoms with E-state index in [1.165, 1.54) is 7.11 Å². The molecule has 1 fully saturated rings. The summed E-state index contributed by atoms with van der Waals surface area (Å²) in [7, 11) is 1.44. The number of ether oxygens (including phenoxy) is 1. The molecule has 0 bridgehead atoms. The number of esters is 1. The Bertz CT molecular complexity index is 205. The van der Waals surface area contributed by atoms with E-state index in [0.717, 1.165) is 19.3 Å². The highest BCUT2D eigenvalue weighted by molar-refractivity contribution is 6.21. The van der Waals surface area contributed by atoms with Gasteiger partial charge in [0.15, 0.2) is 0 Å². The van der Waals surface area contributed by atoms with Crippen LogP contribution in [0.25, 0.3) is 0 Å². The first-order valence-corrected chi connectivity index (χ1v) is 5.18. The molecule has 1 aliphatic rings. The van der Waals surface area contributed by atoms with Crippen LogP contribution in [0, 0.1) is 11.3 Å². The lowest BCUT2D eigenvalue weighted by Gasteiger charge is -2.39. The first kappa shape index (κ1) is 10.8. The van der Waals surface area contributed by atoms with E-state index in [1.807, 2.05) is 13.8 Å². The molecule has 3 heteroatoms. The van der Waals surface area contributed by atoms with Crippen molar-refractivity contribution >= 4 is 17.6 Å². The predicted octanol–water partition coefficient (Wildman–Crippen LogP) is 2.59. The van der Waals surface area contributed by atoms with Crippen molar-refractivity contribution in [2.75, 3.05) is 7.11 Å². The SMILES string of the molecule is COC(=O)C1(C)CCCC(Cl)C1C. The van der Waals surface area contributed by atoms with Crippen LogP contribution in [-0.4, -0.2) is 18.5 Å². The molecule has 0 heterocycles. The van der Waals surface area contributed by atoms with Crippen molar-refractivity contribution in [3.05, 3.63) is 0 Å². The third kappa shape index (κ3) is 1.83. The Kier molecular flexibility index (Phi) is 3.23. The first-order chi connectivity index (χ1) is 6.02. The molecular formula is C10H17ClO2. The maximum absolute atomic E-state index is 11.6. The molecule has 0 aromatic carbocycles. The Morgan fingerprint density at radius 1 is 1.62 bits per heavy atom. The second-order valence-electron chi connectivity index (χ2n) is 4.11. The van der Waals surface area contributed by atoms with Gasteiger partial charge < -0.3 is 4.74 Å². The van der Waals surface area contributed by atoms with Gasteiger partial charge in [-0.15, -0.1) is 11.6 Å². The van der Waals surface area contributed by atoms with E-state index in [1.54, 1.807) is 0 Å². The van der Waals surface area contributed by atoms with Gasteiger partial charge in [0.25, 0.3) is 0 Å². The number of rotatable bonds is 1. The van der Waals surface area contributed by atoms with Crippen LogP contribution in [0.5, 0.6) is 0 Å². The number of methoxy groups -OCH3 is 1. The molecule has 0 aromatic rings. The third-order valence-corrected chi connectivity index (χ3v) is 3.97. The van der Waals surface area contributed by atoms with Crippen molar-refractivity contribution in [3.8, 4) is 0 Å². The molecular weight excluding hydrogens is 188 g/mol. The summed E-state index contributed by atoms with van der Waals surface area (Å²) in [6.07, 6.45) is 2.92. The number of hydrogen-bond acceptors (Lipinski definition) is 2. The molecule has 1 rings (SSSR count). The molecule has 0 radical (unpaired) electrons. The van der Waals surface area contributed by atoms with Gasteiger partial charge in [-0.25, -0.2) is 0 Å². The molecule has 3 atom stereocenters. The monoisotopic (exact) mass is 204 g/mol. The summed E-state index contributed by atoms with van der Waals surface area (Å²) in [6, 6.07) is 0. The molecule has 0 saturated heterocycles. The topological polar surface area (TPSA) is 26.3 Å². The van der Waals surface area contributed by atoms with Crippen LogP contribution in [-0.2, 0) is 9.53 Å². The van der Waals surface area contributed by atoms with Crippen molar-refractivity contribution in [1.82, 2.24) is 0 Å². The van der Waals surface area contributed by atoms with Crippen molar-refractivity contribution < 1.29 is 9.53 Å². The highest BCUT2D eigenvalue weighted by atomic mass is 35.5. The van der Waals surface area contributed by atoms with Gasteiger partial charge in [-0.05, 0) is 25.7 Å². The average molecular weight is 205 g/mol. The minimum atomic E-state index is -0.376. The largest absolute Gasteiger partial charge is 0.469 e. The Balaban J connectivity index is 2.80. The fourth-order valence-electron chi connectivity index (χ4n) is 2.06. The molecule has 1 aliphatic carbocycles.